The maximum absolute atomic E-state index is 13.6. The first-order chi connectivity index (χ1) is 12.5. The molecular weight excluding hydrogens is 344 g/mol. The number of urea groups is 1. The van der Waals surface area contributed by atoms with Gasteiger partial charge in [0.1, 0.15) is 17.4 Å². The summed E-state index contributed by atoms with van der Waals surface area (Å²) in [5.41, 5.74) is 0.426. The van der Waals surface area contributed by atoms with E-state index in [9.17, 15) is 18.4 Å². The quantitative estimate of drug-likeness (QED) is 0.880. The van der Waals surface area contributed by atoms with Gasteiger partial charge in [-0.1, -0.05) is 0 Å². The fourth-order valence-corrected chi connectivity index (χ4v) is 2.75. The third kappa shape index (κ3) is 3.90. The summed E-state index contributed by atoms with van der Waals surface area (Å²) in [6, 6.07) is 8.60. The van der Waals surface area contributed by atoms with E-state index in [0.717, 1.165) is 18.2 Å². The Morgan fingerprint density at radius 3 is 2.62 bits per heavy atom. The Labute approximate surface area is 148 Å². The number of amides is 3. The zero-order valence-electron chi connectivity index (χ0n) is 14.0. The first kappa shape index (κ1) is 17.7. The van der Waals surface area contributed by atoms with Crippen LogP contribution in [0.4, 0.5) is 25.0 Å². The molecule has 26 heavy (non-hydrogen) atoms. The molecule has 3 amide bonds. The highest BCUT2D eigenvalue weighted by atomic mass is 19.1. The SMILES string of the molecule is COc1ccc(N2C[C@@H](NC(=O)Nc3cc(F)ccc3F)CC2=O)cc1. The van der Waals surface area contributed by atoms with Crippen molar-refractivity contribution < 1.29 is 23.1 Å². The largest absolute Gasteiger partial charge is 0.497 e. The molecule has 0 radical (unpaired) electrons. The van der Waals surface area contributed by atoms with Crippen LogP contribution in [-0.4, -0.2) is 31.6 Å². The number of nitrogens with one attached hydrogen (secondary N) is 2. The Balaban J connectivity index is 1.61. The van der Waals surface area contributed by atoms with Crippen LogP contribution in [0.2, 0.25) is 0 Å². The molecule has 1 atom stereocenters. The average molecular weight is 361 g/mol. The molecule has 0 unspecified atom stereocenters. The van der Waals surface area contributed by atoms with E-state index in [1.54, 1.807) is 36.3 Å². The Kier molecular flexibility index (Phi) is 5.01. The van der Waals surface area contributed by atoms with Crippen molar-refractivity contribution in [3.05, 3.63) is 54.1 Å². The maximum Gasteiger partial charge on any atom is 0.319 e. The van der Waals surface area contributed by atoms with Gasteiger partial charge >= 0.3 is 6.03 Å². The lowest BCUT2D eigenvalue weighted by Crippen LogP contribution is -2.39. The third-order valence-corrected chi connectivity index (χ3v) is 4.02. The van der Waals surface area contributed by atoms with Gasteiger partial charge in [0, 0.05) is 24.7 Å². The van der Waals surface area contributed by atoms with E-state index < -0.39 is 23.7 Å². The van der Waals surface area contributed by atoms with E-state index >= 15 is 0 Å². The fourth-order valence-electron chi connectivity index (χ4n) is 2.75. The van der Waals surface area contributed by atoms with Gasteiger partial charge in [-0.05, 0) is 36.4 Å². The minimum Gasteiger partial charge on any atom is -0.497 e. The lowest BCUT2D eigenvalue weighted by Gasteiger charge is -2.18. The molecule has 6 nitrogen and oxygen atoms in total. The van der Waals surface area contributed by atoms with Crippen LogP contribution in [0.5, 0.6) is 5.75 Å². The first-order valence-electron chi connectivity index (χ1n) is 7.93. The van der Waals surface area contributed by atoms with E-state index in [2.05, 4.69) is 10.6 Å². The molecule has 1 fully saturated rings. The standard InChI is InChI=1S/C18H17F2N3O3/c1-26-14-5-3-13(4-6-14)23-10-12(9-17(23)24)21-18(25)22-16-8-11(19)2-7-15(16)20/h2-8,12H,9-10H2,1H3,(H2,21,22,25)/t12-/m0/s1. The lowest BCUT2D eigenvalue weighted by atomic mass is 10.2. The van der Waals surface area contributed by atoms with Crippen LogP contribution in [-0.2, 0) is 4.79 Å². The summed E-state index contributed by atoms with van der Waals surface area (Å²) < 4.78 is 31.8. The van der Waals surface area contributed by atoms with Gasteiger partial charge in [0.25, 0.3) is 0 Å². The minimum atomic E-state index is -0.746. The zero-order valence-corrected chi connectivity index (χ0v) is 14.0. The summed E-state index contributed by atoms with van der Waals surface area (Å²) in [6.07, 6.45) is 0.116. The van der Waals surface area contributed by atoms with Crippen LogP contribution in [0.1, 0.15) is 6.42 Å². The maximum atomic E-state index is 13.6. The van der Waals surface area contributed by atoms with Crippen LogP contribution < -0.4 is 20.3 Å². The van der Waals surface area contributed by atoms with E-state index in [1.165, 1.54) is 0 Å². The Morgan fingerprint density at radius 1 is 1.19 bits per heavy atom. The number of hydrogen-bond donors (Lipinski definition) is 2. The molecule has 2 aromatic rings. The smallest absolute Gasteiger partial charge is 0.319 e. The number of carbonyl (C=O) groups excluding carboxylic acids is 2. The van der Waals surface area contributed by atoms with E-state index in [1.807, 2.05) is 0 Å². The third-order valence-electron chi connectivity index (χ3n) is 4.02. The van der Waals surface area contributed by atoms with E-state index in [-0.39, 0.29) is 24.6 Å². The summed E-state index contributed by atoms with van der Waals surface area (Å²) in [4.78, 5) is 25.7. The molecule has 0 spiro atoms. The molecule has 0 aromatic heterocycles. The van der Waals surface area contributed by atoms with E-state index in [0.29, 0.717) is 11.4 Å². The number of halogens is 2. The molecule has 136 valence electrons. The Bertz CT molecular complexity index is 827. The molecule has 3 rings (SSSR count). The van der Waals surface area contributed by atoms with Crippen LogP contribution in [0.15, 0.2) is 42.5 Å². The summed E-state index contributed by atoms with van der Waals surface area (Å²) in [5, 5.41) is 4.85. The second kappa shape index (κ2) is 7.38. The van der Waals surface area contributed by atoms with Gasteiger partial charge in [0.05, 0.1) is 18.8 Å². The van der Waals surface area contributed by atoms with Gasteiger partial charge in [-0.25, -0.2) is 13.6 Å². The predicted octanol–water partition coefficient (Wildman–Crippen LogP) is 2.90. The van der Waals surface area contributed by atoms with Crippen molar-refractivity contribution in [2.24, 2.45) is 0 Å². The van der Waals surface area contributed by atoms with E-state index in [4.69, 9.17) is 4.74 Å². The average Bonchev–Trinajstić information content (AvgIpc) is 2.98. The van der Waals surface area contributed by atoms with Gasteiger partial charge in [-0.3, -0.25) is 4.79 Å². The molecular formula is C18H17F2N3O3. The van der Waals surface area contributed by atoms with Crippen LogP contribution in [0.25, 0.3) is 0 Å². The molecule has 0 aliphatic carbocycles. The first-order valence-corrected chi connectivity index (χ1v) is 7.93. The second-order valence-corrected chi connectivity index (χ2v) is 5.83. The van der Waals surface area contributed by atoms with Crippen molar-refractivity contribution >= 4 is 23.3 Å². The van der Waals surface area contributed by atoms with Crippen molar-refractivity contribution in [2.75, 3.05) is 23.9 Å². The summed E-state index contributed by atoms with van der Waals surface area (Å²) >= 11 is 0. The Hall–Kier alpha value is -3.16. The molecule has 2 aromatic carbocycles. The number of hydrogen-bond acceptors (Lipinski definition) is 3. The predicted molar refractivity (Wildman–Crippen MR) is 92.3 cm³/mol. The topological polar surface area (TPSA) is 70.7 Å². The molecule has 2 N–H and O–H groups in total. The van der Waals surface area contributed by atoms with Crippen molar-refractivity contribution in [3.63, 3.8) is 0 Å². The number of methoxy groups -OCH3 is 1. The summed E-state index contributed by atoms with van der Waals surface area (Å²) in [6.45, 7) is 0.282. The van der Waals surface area contributed by atoms with Crippen molar-refractivity contribution in [2.45, 2.75) is 12.5 Å². The number of ether oxygens (including phenoxy) is 1. The number of benzene rings is 2. The van der Waals surface area contributed by atoms with Crippen LogP contribution >= 0.6 is 0 Å². The highest BCUT2D eigenvalue weighted by molar-refractivity contribution is 5.97. The molecule has 0 saturated carbocycles. The lowest BCUT2D eigenvalue weighted by molar-refractivity contribution is -0.117. The summed E-state index contributed by atoms with van der Waals surface area (Å²) in [7, 11) is 1.55. The number of nitrogens with zero attached hydrogens (tertiary/aromatic N) is 1. The number of rotatable bonds is 4. The van der Waals surface area contributed by atoms with Gasteiger partial charge in [-0.15, -0.1) is 0 Å². The van der Waals surface area contributed by atoms with Crippen molar-refractivity contribution in [1.29, 1.82) is 0 Å². The van der Waals surface area contributed by atoms with Crippen LogP contribution in [0.3, 0.4) is 0 Å². The molecule has 1 heterocycles. The Morgan fingerprint density at radius 2 is 1.92 bits per heavy atom. The fraction of sp³-hybridized carbons (Fsp3) is 0.222. The van der Waals surface area contributed by atoms with Gasteiger partial charge < -0.3 is 20.3 Å². The molecule has 1 aliphatic rings. The zero-order chi connectivity index (χ0) is 18.7. The highest BCUT2D eigenvalue weighted by Crippen LogP contribution is 2.24. The molecule has 1 aliphatic heterocycles. The second-order valence-electron chi connectivity index (χ2n) is 5.83. The van der Waals surface area contributed by atoms with Gasteiger partial charge in [0.2, 0.25) is 5.91 Å². The molecule has 1 saturated heterocycles. The molecule has 8 heteroatoms. The monoisotopic (exact) mass is 361 g/mol. The normalized spacial score (nSPS) is 16.5. The highest BCUT2D eigenvalue weighted by Gasteiger charge is 2.31. The minimum absolute atomic E-state index is 0.116. The van der Waals surface area contributed by atoms with Crippen LogP contribution in [0, 0.1) is 11.6 Å². The molecule has 0 bridgehead atoms. The van der Waals surface area contributed by atoms with Crippen molar-refractivity contribution in [1.82, 2.24) is 5.32 Å². The summed E-state index contributed by atoms with van der Waals surface area (Å²) in [5.74, 6) is -0.878. The van der Waals surface area contributed by atoms with Gasteiger partial charge in [-0.2, -0.15) is 0 Å². The number of anilines is 2. The van der Waals surface area contributed by atoms with Gasteiger partial charge in [0.15, 0.2) is 0 Å². The number of carbonyl (C=O) groups is 2. The van der Waals surface area contributed by atoms with Crippen molar-refractivity contribution in [3.8, 4) is 5.75 Å².